The van der Waals surface area contributed by atoms with Crippen LogP contribution in [0.5, 0.6) is 0 Å². The van der Waals surface area contributed by atoms with Crippen molar-refractivity contribution in [3.05, 3.63) is 18.0 Å². The minimum Gasteiger partial charge on any atom is -0.364 e. The Kier molecular flexibility index (Phi) is 2.61. The van der Waals surface area contributed by atoms with Gasteiger partial charge in [-0.25, -0.2) is 0 Å². The molecule has 0 aromatic carbocycles. The van der Waals surface area contributed by atoms with E-state index in [9.17, 15) is 0 Å². The molecule has 1 aromatic heterocycles. The number of hydrogen-bond acceptors (Lipinski definition) is 4. The molecule has 1 atom stereocenters. The number of hydrogen-bond donors (Lipinski definition) is 1. The molecule has 1 fully saturated rings. The van der Waals surface area contributed by atoms with Crippen molar-refractivity contribution in [3.63, 3.8) is 0 Å². The quantitative estimate of drug-likeness (QED) is 0.741. The molecule has 0 radical (unpaired) electrons. The predicted octanol–water partition coefficient (Wildman–Crippen LogP) is 0.598. The smallest absolute Gasteiger partial charge is 0.128 e. The Hall–Kier alpha value is -0.870. The summed E-state index contributed by atoms with van der Waals surface area (Å²) in [5.41, 5.74) is 6.81. The van der Waals surface area contributed by atoms with E-state index >= 15 is 0 Å². The molecule has 1 aliphatic rings. The van der Waals surface area contributed by atoms with Gasteiger partial charge >= 0.3 is 0 Å². The Morgan fingerprint density at radius 1 is 1.69 bits per heavy atom. The standard InChI is InChI=1S/C9H15N3O/c10-4-9-2-1-3-12(9)6-8-5-11-13-7-8/h5,7,9H,1-4,6,10H2. The summed E-state index contributed by atoms with van der Waals surface area (Å²) < 4.78 is 4.79. The van der Waals surface area contributed by atoms with E-state index in [1.165, 1.54) is 12.8 Å². The molecule has 72 valence electrons. The van der Waals surface area contributed by atoms with Crippen LogP contribution in [0.3, 0.4) is 0 Å². The Morgan fingerprint density at radius 2 is 2.62 bits per heavy atom. The van der Waals surface area contributed by atoms with Gasteiger partial charge in [-0.15, -0.1) is 0 Å². The second-order valence-electron chi connectivity index (χ2n) is 3.53. The zero-order valence-corrected chi connectivity index (χ0v) is 7.65. The molecule has 1 aliphatic heterocycles. The molecule has 1 saturated heterocycles. The molecule has 2 heterocycles. The van der Waals surface area contributed by atoms with Gasteiger partial charge in [0.05, 0.1) is 6.20 Å². The fourth-order valence-electron chi connectivity index (χ4n) is 1.91. The van der Waals surface area contributed by atoms with E-state index in [0.29, 0.717) is 6.04 Å². The second kappa shape index (κ2) is 3.89. The maximum Gasteiger partial charge on any atom is 0.128 e. The normalized spacial score (nSPS) is 23.9. The molecule has 1 unspecified atom stereocenters. The molecule has 0 spiro atoms. The lowest BCUT2D eigenvalue weighted by atomic mass is 10.2. The average molecular weight is 181 g/mol. The molecule has 2 rings (SSSR count). The van der Waals surface area contributed by atoms with Crippen molar-refractivity contribution in [1.82, 2.24) is 10.1 Å². The zero-order valence-electron chi connectivity index (χ0n) is 7.65. The molecule has 0 bridgehead atoms. The number of nitrogens with zero attached hydrogens (tertiary/aromatic N) is 2. The van der Waals surface area contributed by atoms with Gasteiger partial charge in [-0.1, -0.05) is 5.16 Å². The first-order valence-electron chi connectivity index (χ1n) is 4.72. The van der Waals surface area contributed by atoms with Crippen molar-refractivity contribution >= 4 is 0 Å². The van der Waals surface area contributed by atoms with E-state index in [2.05, 4.69) is 10.1 Å². The van der Waals surface area contributed by atoms with Gasteiger partial charge in [0, 0.05) is 24.7 Å². The molecule has 13 heavy (non-hydrogen) atoms. The maximum absolute atomic E-state index is 5.67. The lowest BCUT2D eigenvalue weighted by Crippen LogP contribution is -2.34. The second-order valence-corrected chi connectivity index (χ2v) is 3.53. The van der Waals surface area contributed by atoms with Crippen LogP contribution in [0.4, 0.5) is 0 Å². The number of aromatic nitrogens is 1. The Balaban J connectivity index is 1.94. The molecule has 2 N–H and O–H groups in total. The van der Waals surface area contributed by atoms with Crippen LogP contribution in [0, 0.1) is 0 Å². The van der Waals surface area contributed by atoms with Crippen LogP contribution in [-0.4, -0.2) is 29.2 Å². The highest BCUT2D eigenvalue weighted by atomic mass is 16.5. The van der Waals surface area contributed by atoms with Crippen molar-refractivity contribution in [1.29, 1.82) is 0 Å². The van der Waals surface area contributed by atoms with Crippen molar-refractivity contribution in [2.24, 2.45) is 5.73 Å². The van der Waals surface area contributed by atoms with Gasteiger partial charge in [0.1, 0.15) is 6.26 Å². The van der Waals surface area contributed by atoms with Crippen molar-refractivity contribution in [2.45, 2.75) is 25.4 Å². The van der Waals surface area contributed by atoms with Gasteiger partial charge in [0.2, 0.25) is 0 Å². The molecular weight excluding hydrogens is 166 g/mol. The van der Waals surface area contributed by atoms with Crippen LogP contribution < -0.4 is 5.73 Å². The van der Waals surface area contributed by atoms with Crippen molar-refractivity contribution in [3.8, 4) is 0 Å². The minimum absolute atomic E-state index is 0.551. The minimum atomic E-state index is 0.551. The van der Waals surface area contributed by atoms with E-state index in [0.717, 1.165) is 25.2 Å². The van der Waals surface area contributed by atoms with E-state index in [4.69, 9.17) is 10.3 Å². The van der Waals surface area contributed by atoms with Gasteiger partial charge in [-0.05, 0) is 19.4 Å². The summed E-state index contributed by atoms with van der Waals surface area (Å²) in [6, 6.07) is 0.551. The molecule has 1 aromatic rings. The Labute approximate surface area is 77.7 Å². The lowest BCUT2D eigenvalue weighted by molar-refractivity contribution is 0.249. The Bertz CT molecular complexity index is 247. The summed E-state index contributed by atoms with van der Waals surface area (Å²) in [5, 5.41) is 3.68. The topological polar surface area (TPSA) is 55.3 Å². The number of likely N-dealkylation sites (tertiary alicyclic amines) is 1. The first-order chi connectivity index (χ1) is 6.40. The summed E-state index contributed by atoms with van der Waals surface area (Å²) >= 11 is 0. The molecular formula is C9H15N3O. The van der Waals surface area contributed by atoms with Crippen LogP contribution >= 0.6 is 0 Å². The third kappa shape index (κ3) is 1.89. The third-order valence-corrected chi connectivity index (χ3v) is 2.64. The highest BCUT2D eigenvalue weighted by Crippen LogP contribution is 2.18. The average Bonchev–Trinajstić information content (AvgIpc) is 2.76. The third-order valence-electron chi connectivity index (χ3n) is 2.64. The zero-order chi connectivity index (χ0) is 9.10. The lowest BCUT2D eigenvalue weighted by Gasteiger charge is -2.21. The highest BCUT2D eigenvalue weighted by Gasteiger charge is 2.23. The molecule has 0 saturated carbocycles. The predicted molar refractivity (Wildman–Crippen MR) is 49.0 cm³/mol. The van der Waals surface area contributed by atoms with Gasteiger partial charge in [0.15, 0.2) is 0 Å². The molecule has 4 nitrogen and oxygen atoms in total. The fraction of sp³-hybridized carbons (Fsp3) is 0.667. The van der Waals surface area contributed by atoms with E-state index in [1.807, 2.05) is 0 Å². The number of rotatable bonds is 3. The van der Waals surface area contributed by atoms with E-state index < -0.39 is 0 Å². The van der Waals surface area contributed by atoms with Crippen LogP contribution in [0.1, 0.15) is 18.4 Å². The monoisotopic (exact) mass is 181 g/mol. The summed E-state index contributed by atoms with van der Waals surface area (Å²) in [5.74, 6) is 0. The van der Waals surface area contributed by atoms with Crippen LogP contribution in [0.15, 0.2) is 17.0 Å². The SMILES string of the molecule is NCC1CCCN1Cc1cnoc1. The first-order valence-corrected chi connectivity index (χ1v) is 4.72. The highest BCUT2D eigenvalue weighted by molar-refractivity contribution is 5.01. The summed E-state index contributed by atoms with van der Waals surface area (Å²) in [6.45, 7) is 2.82. The Morgan fingerprint density at radius 3 is 3.31 bits per heavy atom. The fourth-order valence-corrected chi connectivity index (χ4v) is 1.91. The van der Waals surface area contributed by atoms with E-state index in [1.54, 1.807) is 12.5 Å². The van der Waals surface area contributed by atoms with Gasteiger partial charge in [-0.3, -0.25) is 4.90 Å². The first kappa shape index (κ1) is 8.72. The van der Waals surface area contributed by atoms with Gasteiger partial charge in [0.25, 0.3) is 0 Å². The van der Waals surface area contributed by atoms with Crippen molar-refractivity contribution in [2.75, 3.05) is 13.1 Å². The van der Waals surface area contributed by atoms with Crippen molar-refractivity contribution < 1.29 is 4.52 Å². The van der Waals surface area contributed by atoms with Crippen LogP contribution in [-0.2, 0) is 6.54 Å². The van der Waals surface area contributed by atoms with Crippen LogP contribution in [0.25, 0.3) is 0 Å². The maximum atomic E-state index is 5.67. The largest absolute Gasteiger partial charge is 0.364 e. The summed E-state index contributed by atoms with van der Waals surface area (Å²) in [4.78, 5) is 2.40. The number of nitrogens with two attached hydrogens (primary N) is 1. The van der Waals surface area contributed by atoms with Gasteiger partial charge in [-0.2, -0.15) is 0 Å². The molecule has 0 aliphatic carbocycles. The molecule has 0 amide bonds. The van der Waals surface area contributed by atoms with Crippen LogP contribution in [0.2, 0.25) is 0 Å². The van der Waals surface area contributed by atoms with Gasteiger partial charge < -0.3 is 10.3 Å². The molecule has 4 heteroatoms. The summed E-state index contributed by atoms with van der Waals surface area (Å²) in [6.07, 6.45) is 5.95. The van der Waals surface area contributed by atoms with E-state index in [-0.39, 0.29) is 0 Å². The summed E-state index contributed by atoms with van der Waals surface area (Å²) in [7, 11) is 0.